The first-order valence-corrected chi connectivity index (χ1v) is 15.0. The largest absolute Gasteiger partial charge is 0.467 e. The van der Waals surface area contributed by atoms with Gasteiger partial charge in [0.2, 0.25) is 5.91 Å². The van der Waals surface area contributed by atoms with E-state index in [9.17, 15) is 9.59 Å². The Kier molecular flexibility index (Phi) is 10.6. The molecule has 2 aliphatic rings. The number of carbonyl (C=O) groups is 2. The highest BCUT2D eigenvalue weighted by Gasteiger charge is 2.60. The number of carbonyl (C=O) groups excluding carboxylic acids is 2. The molecule has 0 spiro atoms. The van der Waals surface area contributed by atoms with Gasteiger partial charge in [0.25, 0.3) is 0 Å². The molecule has 1 N–H and O–H groups in total. The average Bonchev–Trinajstić information content (AvgIpc) is 3.04. The van der Waals surface area contributed by atoms with Crippen molar-refractivity contribution in [3.63, 3.8) is 0 Å². The maximum Gasteiger partial charge on any atom is 0.334 e. The van der Waals surface area contributed by atoms with E-state index < -0.39 is 35.9 Å². The molecule has 1 aliphatic heterocycles. The molecule has 0 aromatic heterocycles. The number of ether oxygens (including phenoxy) is 5. The van der Waals surface area contributed by atoms with Crippen LogP contribution in [0.25, 0.3) is 0 Å². The Bertz CT molecular complexity index is 1310. The summed E-state index contributed by atoms with van der Waals surface area (Å²) in [6.07, 6.45) is -0.376. The van der Waals surface area contributed by atoms with Crippen LogP contribution in [0.15, 0.2) is 91.0 Å². The van der Waals surface area contributed by atoms with Gasteiger partial charge in [0, 0.05) is 12.8 Å². The fourth-order valence-corrected chi connectivity index (χ4v) is 6.40. The van der Waals surface area contributed by atoms with Crippen molar-refractivity contribution in [2.24, 2.45) is 5.92 Å². The van der Waals surface area contributed by atoms with Crippen molar-refractivity contribution in [3.8, 4) is 0 Å². The molecule has 1 aliphatic carbocycles. The number of hydrogen-bond donors (Lipinski definition) is 1. The van der Waals surface area contributed by atoms with Crippen molar-refractivity contribution >= 4 is 11.9 Å². The topological polar surface area (TPSA) is 92.3 Å². The first-order chi connectivity index (χ1) is 21.0. The van der Waals surface area contributed by atoms with Crippen LogP contribution in [0.3, 0.4) is 0 Å². The normalized spacial score (nSPS) is 26.7. The Morgan fingerprint density at radius 1 is 0.814 bits per heavy atom. The minimum Gasteiger partial charge on any atom is -0.467 e. The number of benzene rings is 3. The minimum absolute atomic E-state index is 0.208. The first kappa shape index (κ1) is 30.9. The van der Waals surface area contributed by atoms with Crippen molar-refractivity contribution in [2.75, 3.05) is 13.7 Å². The summed E-state index contributed by atoms with van der Waals surface area (Å²) in [7, 11) is 1.34. The van der Waals surface area contributed by atoms with Gasteiger partial charge in [-0.2, -0.15) is 0 Å². The summed E-state index contributed by atoms with van der Waals surface area (Å²) in [5, 5.41) is 2.94. The lowest BCUT2D eigenvalue weighted by Crippen LogP contribution is -2.72. The molecule has 0 unspecified atom stereocenters. The van der Waals surface area contributed by atoms with Gasteiger partial charge in [0.1, 0.15) is 12.2 Å². The molecule has 5 rings (SSSR count). The Balaban J connectivity index is 1.48. The second-order valence-electron chi connectivity index (χ2n) is 11.3. The van der Waals surface area contributed by atoms with Crippen molar-refractivity contribution in [1.82, 2.24) is 5.32 Å². The van der Waals surface area contributed by atoms with Gasteiger partial charge in [0.05, 0.1) is 45.7 Å². The Morgan fingerprint density at radius 3 is 1.88 bits per heavy atom. The summed E-state index contributed by atoms with van der Waals surface area (Å²) in [4.78, 5) is 25.9. The molecule has 1 heterocycles. The lowest BCUT2D eigenvalue weighted by Gasteiger charge is -2.54. The summed E-state index contributed by atoms with van der Waals surface area (Å²) in [6, 6.07) is 29.9. The van der Waals surface area contributed by atoms with Gasteiger partial charge in [-0.05, 0) is 36.0 Å². The smallest absolute Gasteiger partial charge is 0.334 e. The van der Waals surface area contributed by atoms with Crippen LogP contribution in [0.1, 0.15) is 42.9 Å². The van der Waals surface area contributed by atoms with Crippen LogP contribution >= 0.6 is 0 Å². The number of methoxy groups -OCH3 is 1. The summed E-state index contributed by atoms with van der Waals surface area (Å²) >= 11 is 0. The molecule has 0 bridgehead atoms. The first-order valence-electron chi connectivity index (χ1n) is 15.0. The van der Waals surface area contributed by atoms with Crippen molar-refractivity contribution in [2.45, 2.75) is 76.0 Å². The number of nitrogens with one attached hydrogen (secondary N) is 1. The van der Waals surface area contributed by atoms with E-state index in [4.69, 9.17) is 23.7 Å². The average molecular weight is 588 g/mol. The Hall–Kier alpha value is -3.56. The van der Waals surface area contributed by atoms with Crippen LogP contribution in [-0.4, -0.2) is 55.5 Å². The molecule has 0 radical (unpaired) electrons. The number of amides is 1. The monoisotopic (exact) mass is 587 g/mol. The zero-order valence-electron chi connectivity index (χ0n) is 24.9. The van der Waals surface area contributed by atoms with Gasteiger partial charge in [-0.1, -0.05) is 91.0 Å². The Morgan fingerprint density at radius 2 is 1.35 bits per heavy atom. The predicted octanol–water partition coefficient (Wildman–Crippen LogP) is 4.99. The summed E-state index contributed by atoms with van der Waals surface area (Å²) in [5.74, 6) is -1.09. The van der Waals surface area contributed by atoms with E-state index in [1.165, 1.54) is 14.0 Å². The van der Waals surface area contributed by atoms with E-state index in [2.05, 4.69) is 5.32 Å². The van der Waals surface area contributed by atoms with Crippen LogP contribution in [0.4, 0.5) is 0 Å². The highest BCUT2D eigenvalue weighted by Crippen LogP contribution is 2.45. The lowest BCUT2D eigenvalue weighted by molar-refractivity contribution is -0.267. The zero-order valence-corrected chi connectivity index (χ0v) is 24.9. The number of hydrogen-bond acceptors (Lipinski definition) is 7. The molecule has 3 aromatic carbocycles. The van der Waals surface area contributed by atoms with E-state index in [1.54, 1.807) is 0 Å². The van der Waals surface area contributed by atoms with Gasteiger partial charge in [-0.3, -0.25) is 4.79 Å². The van der Waals surface area contributed by atoms with Crippen LogP contribution in [0, 0.1) is 5.92 Å². The Labute approximate surface area is 253 Å². The predicted molar refractivity (Wildman–Crippen MR) is 161 cm³/mol. The number of rotatable bonds is 12. The molecule has 1 saturated heterocycles. The third-order valence-corrected chi connectivity index (χ3v) is 8.33. The fourth-order valence-electron chi connectivity index (χ4n) is 6.40. The lowest BCUT2D eigenvalue weighted by atomic mass is 9.68. The zero-order chi connectivity index (χ0) is 30.1. The molecule has 228 valence electrons. The molecule has 3 aromatic rings. The molecular weight excluding hydrogens is 546 g/mol. The molecule has 6 atom stereocenters. The van der Waals surface area contributed by atoms with E-state index >= 15 is 0 Å². The van der Waals surface area contributed by atoms with Crippen molar-refractivity contribution in [3.05, 3.63) is 108 Å². The quantitative estimate of drug-likeness (QED) is 0.299. The molecule has 43 heavy (non-hydrogen) atoms. The van der Waals surface area contributed by atoms with Crippen LogP contribution in [0.2, 0.25) is 0 Å². The molecule has 1 saturated carbocycles. The third kappa shape index (κ3) is 7.51. The minimum atomic E-state index is -1.35. The highest BCUT2D eigenvalue weighted by atomic mass is 16.6. The standard InChI is InChI=1S/C35H41NO7/c1-25(37)36-35(34(38)39-2)20-12-19-29-31(41-22-27-15-8-4-9-16-27)32(42-23-28-17-10-5-11-18-28)30(43-33(29)35)24-40-21-26-13-6-3-7-14-26/h3-11,13-18,29-33H,12,19-24H2,1-2H3,(H,36,37)/t29-,30+,31+,32-,33-,35+/m0/s1. The van der Waals surface area contributed by atoms with Crippen molar-refractivity contribution < 1.29 is 33.3 Å². The molecule has 2 fully saturated rings. The summed E-state index contributed by atoms with van der Waals surface area (Å²) < 4.78 is 31.6. The van der Waals surface area contributed by atoms with Gasteiger partial charge < -0.3 is 29.0 Å². The molecular formula is C35H41NO7. The molecule has 1 amide bonds. The number of esters is 1. The molecule has 8 nitrogen and oxygen atoms in total. The third-order valence-electron chi connectivity index (χ3n) is 8.33. The van der Waals surface area contributed by atoms with E-state index in [0.29, 0.717) is 32.7 Å². The SMILES string of the molecule is COC(=O)[C@@]1(NC(C)=O)CCC[C@H]2[C@@H](OCc3ccccc3)[C@@H](OCc3ccccc3)[C@@H](COCc3ccccc3)O[C@@H]21. The number of fused-ring (bicyclic) bond motifs is 1. The summed E-state index contributed by atoms with van der Waals surface area (Å²) in [6.45, 7) is 2.74. The fraction of sp³-hybridized carbons (Fsp3) is 0.429. The second-order valence-corrected chi connectivity index (χ2v) is 11.3. The van der Waals surface area contributed by atoms with E-state index in [1.807, 2.05) is 91.0 Å². The van der Waals surface area contributed by atoms with Crippen molar-refractivity contribution in [1.29, 1.82) is 0 Å². The van der Waals surface area contributed by atoms with Gasteiger partial charge in [-0.15, -0.1) is 0 Å². The maximum atomic E-state index is 13.4. The van der Waals surface area contributed by atoms with Gasteiger partial charge in [-0.25, -0.2) is 4.79 Å². The van der Waals surface area contributed by atoms with Crippen LogP contribution < -0.4 is 5.32 Å². The highest BCUT2D eigenvalue weighted by molar-refractivity contribution is 5.88. The van der Waals surface area contributed by atoms with Crippen LogP contribution in [-0.2, 0) is 53.1 Å². The van der Waals surface area contributed by atoms with Crippen LogP contribution in [0.5, 0.6) is 0 Å². The summed E-state index contributed by atoms with van der Waals surface area (Å²) in [5.41, 5.74) is 1.75. The second kappa shape index (κ2) is 14.8. The van der Waals surface area contributed by atoms with Gasteiger partial charge >= 0.3 is 5.97 Å². The maximum absolute atomic E-state index is 13.4. The van der Waals surface area contributed by atoms with E-state index in [0.717, 1.165) is 23.1 Å². The molecule has 8 heteroatoms. The van der Waals surface area contributed by atoms with Gasteiger partial charge in [0.15, 0.2) is 5.54 Å². The van der Waals surface area contributed by atoms with E-state index in [-0.39, 0.29) is 18.4 Å².